The maximum Gasteiger partial charge on any atom is 0.214 e. The number of nitrogens with one attached hydrogen (secondary N) is 1. The summed E-state index contributed by atoms with van der Waals surface area (Å²) in [5.41, 5.74) is 0.0151. The van der Waals surface area contributed by atoms with Crippen LogP contribution < -0.4 is 9.46 Å². The van der Waals surface area contributed by atoms with Crippen molar-refractivity contribution >= 4 is 10.0 Å². The second-order valence-electron chi connectivity index (χ2n) is 9.73. The molecular formula is C25H23F3N2O4S. The third kappa shape index (κ3) is 4.02. The normalized spacial score (nSPS) is 23.9. The molecule has 2 fully saturated rings. The highest BCUT2D eigenvalue weighted by molar-refractivity contribution is 7.90. The zero-order valence-electron chi connectivity index (χ0n) is 18.7. The molecule has 1 aromatic heterocycles. The van der Waals surface area contributed by atoms with Crippen LogP contribution in [0.2, 0.25) is 0 Å². The molecule has 0 radical (unpaired) electrons. The fourth-order valence-corrected chi connectivity index (χ4v) is 6.91. The second kappa shape index (κ2) is 8.09. The third-order valence-corrected chi connectivity index (χ3v) is 9.21. The number of sulfonamides is 1. The minimum atomic E-state index is -3.41. The summed E-state index contributed by atoms with van der Waals surface area (Å²) >= 11 is 0. The van der Waals surface area contributed by atoms with Crippen LogP contribution in [0, 0.1) is 17.5 Å². The fraction of sp³-hybridized carbons (Fsp3) is 0.400. The molecule has 2 heterocycles. The van der Waals surface area contributed by atoms with Crippen LogP contribution in [0.25, 0.3) is 11.1 Å². The molecule has 4 bridgehead atoms. The number of ether oxygens (including phenoxy) is 1. The molecule has 1 spiro atoms. The summed E-state index contributed by atoms with van der Waals surface area (Å²) in [6.07, 6.45) is 4.23. The van der Waals surface area contributed by atoms with E-state index in [0.29, 0.717) is 43.7 Å². The molecule has 6 nitrogen and oxygen atoms in total. The Labute approximate surface area is 200 Å². The molecule has 1 N–H and O–H groups in total. The average molecular weight is 505 g/mol. The van der Waals surface area contributed by atoms with E-state index in [2.05, 4.69) is 9.71 Å². The lowest BCUT2D eigenvalue weighted by Gasteiger charge is -2.27. The van der Waals surface area contributed by atoms with Crippen molar-refractivity contribution in [2.45, 2.75) is 61.8 Å². The number of fused-ring (bicyclic) bond motifs is 7. The van der Waals surface area contributed by atoms with Gasteiger partial charge in [0.2, 0.25) is 15.9 Å². The number of hydrogen-bond donors (Lipinski definition) is 1. The SMILES string of the molecule is O=S(=O)(N[C@H]1CC[C@@]2(Cc3cc(c(F)cc3F)-c3cccc(F)c3OCc3coc2n3)C1)C1CC1. The summed E-state index contributed by atoms with van der Waals surface area (Å²) in [4.78, 5) is 4.56. The number of oxazole rings is 1. The highest BCUT2D eigenvalue weighted by atomic mass is 32.2. The van der Waals surface area contributed by atoms with Crippen LogP contribution in [0.5, 0.6) is 5.75 Å². The summed E-state index contributed by atoms with van der Waals surface area (Å²) in [6.45, 7) is -0.110. The smallest absolute Gasteiger partial charge is 0.214 e. The molecule has 2 atom stereocenters. The Morgan fingerprint density at radius 2 is 1.86 bits per heavy atom. The Morgan fingerprint density at radius 1 is 1.03 bits per heavy atom. The van der Waals surface area contributed by atoms with Gasteiger partial charge < -0.3 is 9.15 Å². The first kappa shape index (κ1) is 22.6. The maximum atomic E-state index is 15.1. The van der Waals surface area contributed by atoms with Crippen molar-refractivity contribution in [1.29, 1.82) is 0 Å². The minimum Gasteiger partial charge on any atom is -0.483 e. The molecule has 0 saturated heterocycles. The van der Waals surface area contributed by atoms with Gasteiger partial charge in [-0.3, -0.25) is 0 Å². The zero-order valence-corrected chi connectivity index (χ0v) is 19.5. The van der Waals surface area contributed by atoms with E-state index in [1.807, 2.05) is 0 Å². The van der Waals surface area contributed by atoms with Gasteiger partial charge in [0.15, 0.2) is 11.6 Å². The first-order chi connectivity index (χ1) is 16.7. The molecule has 3 aromatic rings. The van der Waals surface area contributed by atoms with Crippen LogP contribution in [0.1, 0.15) is 49.3 Å². The standard InChI is InChI=1S/C25H23F3N2O4S/c26-20-3-1-2-18-19-8-14(21(27)9-22(19)28)10-25(24-29-16(13-34-24)12-33-23(18)20)7-6-15(11-25)30-35(31,32)17-4-5-17/h1-3,8-9,13,15,17,30H,4-7,10-12H2/t15-,25+/m0/s1. The Morgan fingerprint density at radius 3 is 2.66 bits per heavy atom. The fourth-order valence-electron chi connectivity index (χ4n) is 5.30. The van der Waals surface area contributed by atoms with Crippen molar-refractivity contribution in [3.63, 3.8) is 0 Å². The van der Waals surface area contributed by atoms with Gasteiger partial charge in [-0.2, -0.15) is 0 Å². The average Bonchev–Trinajstić information content (AvgIpc) is 3.45. The number of rotatable bonds is 3. The summed E-state index contributed by atoms with van der Waals surface area (Å²) in [5, 5.41) is -0.349. The maximum absolute atomic E-state index is 15.1. The van der Waals surface area contributed by atoms with Gasteiger partial charge in [0.25, 0.3) is 0 Å². The van der Waals surface area contributed by atoms with E-state index in [4.69, 9.17) is 9.15 Å². The largest absolute Gasteiger partial charge is 0.483 e. The van der Waals surface area contributed by atoms with E-state index in [-0.39, 0.29) is 46.8 Å². The van der Waals surface area contributed by atoms with Crippen molar-refractivity contribution in [3.05, 3.63) is 71.2 Å². The first-order valence-electron chi connectivity index (χ1n) is 11.6. The highest BCUT2D eigenvalue weighted by Crippen LogP contribution is 2.46. The van der Waals surface area contributed by atoms with Crippen LogP contribution in [0.3, 0.4) is 0 Å². The topological polar surface area (TPSA) is 81.4 Å². The molecule has 2 aromatic carbocycles. The lowest BCUT2D eigenvalue weighted by atomic mass is 9.79. The van der Waals surface area contributed by atoms with E-state index < -0.39 is 32.9 Å². The lowest BCUT2D eigenvalue weighted by molar-refractivity contribution is 0.286. The molecule has 184 valence electrons. The van der Waals surface area contributed by atoms with Crippen molar-refractivity contribution in [2.24, 2.45) is 0 Å². The predicted molar refractivity (Wildman–Crippen MR) is 121 cm³/mol. The molecule has 0 amide bonds. The Balaban J connectivity index is 1.44. The van der Waals surface area contributed by atoms with Gasteiger partial charge in [-0.1, -0.05) is 12.1 Å². The highest BCUT2D eigenvalue weighted by Gasteiger charge is 2.47. The Bertz CT molecular complexity index is 1420. The molecule has 2 saturated carbocycles. The van der Waals surface area contributed by atoms with Crippen molar-refractivity contribution < 1.29 is 30.7 Å². The molecule has 1 aliphatic heterocycles. The number of aromatic nitrogens is 1. The van der Waals surface area contributed by atoms with Crippen LogP contribution >= 0.6 is 0 Å². The molecule has 0 unspecified atom stereocenters. The van der Waals surface area contributed by atoms with Crippen LogP contribution in [-0.4, -0.2) is 24.7 Å². The number of benzene rings is 2. The Kier molecular flexibility index (Phi) is 5.23. The van der Waals surface area contributed by atoms with E-state index >= 15 is 4.39 Å². The van der Waals surface area contributed by atoms with Gasteiger partial charge in [0, 0.05) is 23.2 Å². The zero-order chi connectivity index (χ0) is 24.4. The quantitative estimate of drug-likeness (QED) is 0.556. The van der Waals surface area contributed by atoms with Crippen LogP contribution in [0.4, 0.5) is 13.2 Å². The third-order valence-electron chi connectivity index (χ3n) is 7.19. The van der Waals surface area contributed by atoms with E-state index in [1.165, 1.54) is 30.5 Å². The van der Waals surface area contributed by atoms with Gasteiger partial charge in [0.1, 0.15) is 30.2 Å². The van der Waals surface area contributed by atoms with Crippen molar-refractivity contribution in [2.75, 3.05) is 0 Å². The summed E-state index contributed by atoms with van der Waals surface area (Å²) in [7, 11) is -3.41. The van der Waals surface area contributed by atoms with Crippen molar-refractivity contribution in [3.8, 4) is 16.9 Å². The van der Waals surface area contributed by atoms with E-state index in [1.54, 1.807) is 0 Å². The summed E-state index contributed by atoms with van der Waals surface area (Å²) in [6, 6.07) is 5.99. The van der Waals surface area contributed by atoms with Gasteiger partial charge in [-0.05, 0) is 56.2 Å². The summed E-state index contributed by atoms with van der Waals surface area (Å²) in [5.74, 6) is -2.06. The van der Waals surface area contributed by atoms with Gasteiger partial charge in [-0.15, -0.1) is 0 Å². The Hall–Kier alpha value is -2.85. The number of hydrogen-bond acceptors (Lipinski definition) is 5. The molecule has 35 heavy (non-hydrogen) atoms. The predicted octanol–water partition coefficient (Wildman–Crippen LogP) is 4.77. The van der Waals surface area contributed by atoms with Crippen LogP contribution in [0.15, 0.2) is 41.0 Å². The van der Waals surface area contributed by atoms with E-state index in [0.717, 1.165) is 6.07 Å². The lowest BCUT2D eigenvalue weighted by Crippen LogP contribution is -2.37. The molecule has 10 heteroatoms. The van der Waals surface area contributed by atoms with Gasteiger partial charge in [0.05, 0.1) is 10.7 Å². The minimum absolute atomic E-state index is 0.0276. The molecule has 2 aliphatic carbocycles. The summed E-state index contributed by atoms with van der Waals surface area (Å²) < 4.78 is 84.0. The first-order valence-corrected chi connectivity index (χ1v) is 13.1. The molecule has 3 aliphatic rings. The number of para-hydroxylation sites is 1. The monoisotopic (exact) mass is 504 g/mol. The van der Waals surface area contributed by atoms with Gasteiger partial charge in [-0.25, -0.2) is 31.3 Å². The number of halogens is 3. The van der Waals surface area contributed by atoms with Crippen LogP contribution in [-0.2, 0) is 28.5 Å². The molecule has 6 rings (SSSR count). The van der Waals surface area contributed by atoms with Gasteiger partial charge >= 0.3 is 0 Å². The van der Waals surface area contributed by atoms with Crippen molar-refractivity contribution in [1.82, 2.24) is 9.71 Å². The number of nitrogens with zero attached hydrogens (tertiary/aromatic N) is 1. The molecular weight excluding hydrogens is 481 g/mol. The van der Waals surface area contributed by atoms with E-state index in [9.17, 15) is 17.2 Å². The second-order valence-corrected chi connectivity index (χ2v) is 11.7.